The molecule has 2 aliphatic heterocycles. The van der Waals surface area contributed by atoms with Gasteiger partial charge in [0.25, 0.3) is 0 Å². The number of piperidine rings is 1. The Morgan fingerprint density at radius 1 is 1.15 bits per heavy atom. The van der Waals surface area contributed by atoms with Gasteiger partial charge in [0.2, 0.25) is 0 Å². The van der Waals surface area contributed by atoms with Gasteiger partial charge in [-0.2, -0.15) is 0 Å². The molecular weight excluding hydrogens is 523 g/mol. The van der Waals surface area contributed by atoms with Gasteiger partial charge in [-0.25, -0.2) is 4.98 Å². The Bertz CT molecular complexity index is 1230. The van der Waals surface area contributed by atoms with E-state index in [-0.39, 0.29) is 5.92 Å². The van der Waals surface area contributed by atoms with Crippen molar-refractivity contribution < 1.29 is 9.90 Å². The number of hydrogen-bond acceptors (Lipinski definition) is 6. The van der Waals surface area contributed by atoms with Crippen LogP contribution in [0.1, 0.15) is 77.0 Å². The molecule has 3 unspecified atom stereocenters. The topological polar surface area (TPSA) is 56.7 Å². The Morgan fingerprint density at radius 2 is 1.95 bits per heavy atom. The first-order valence-corrected chi connectivity index (χ1v) is 16.3. The number of carbonyl (C=O) groups is 1. The maximum atomic E-state index is 12.2. The maximum absolute atomic E-state index is 12.2. The van der Waals surface area contributed by atoms with Gasteiger partial charge in [0, 0.05) is 41.7 Å². The molecule has 0 amide bonds. The number of aliphatic carboxylic acids is 1. The number of hydrogen-bond donors (Lipinski definition) is 1. The smallest absolute Gasteiger partial charge is 0.321 e. The maximum Gasteiger partial charge on any atom is 0.321 e. The molecule has 0 radical (unpaired) electrons. The van der Waals surface area contributed by atoms with Crippen LogP contribution in [0.3, 0.4) is 0 Å². The van der Waals surface area contributed by atoms with Crippen molar-refractivity contribution in [1.82, 2.24) is 14.8 Å². The van der Waals surface area contributed by atoms with Crippen LogP contribution in [0.15, 0.2) is 41.8 Å². The summed E-state index contributed by atoms with van der Waals surface area (Å²) < 4.78 is 0. The molecule has 3 atom stereocenters. The molecular formula is C32H43N3O2S2. The van der Waals surface area contributed by atoms with E-state index in [0.29, 0.717) is 17.8 Å². The minimum Gasteiger partial charge on any atom is -0.480 e. The molecule has 0 saturated carbocycles. The third-order valence-electron chi connectivity index (χ3n) is 8.68. The standard InChI is InChI=1S/C32H43N3O2S2/c1-5-28-31(39-29(33-28)17-26-10-7-15-38-26)23-11-13-34(14-12-23)18-25-19-35(30(21(2)3)32(36)37)20-27(25)24-9-6-8-22(4)16-24/h6-10,15-16,21,23,25,27,30H,5,11-14,17-20H2,1-4H3,(H,36,37). The van der Waals surface area contributed by atoms with E-state index in [1.165, 1.54) is 44.4 Å². The van der Waals surface area contributed by atoms with Gasteiger partial charge < -0.3 is 10.0 Å². The summed E-state index contributed by atoms with van der Waals surface area (Å²) in [7, 11) is 0. The fourth-order valence-corrected chi connectivity index (χ4v) is 8.94. The van der Waals surface area contributed by atoms with Gasteiger partial charge in [-0.1, -0.05) is 56.7 Å². The summed E-state index contributed by atoms with van der Waals surface area (Å²) in [6, 6.07) is 12.8. The molecule has 3 aromatic rings. The Balaban J connectivity index is 1.26. The van der Waals surface area contributed by atoms with Crippen LogP contribution in [-0.2, 0) is 17.6 Å². The Morgan fingerprint density at radius 3 is 2.59 bits per heavy atom. The van der Waals surface area contributed by atoms with E-state index >= 15 is 0 Å². The first-order valence-electron chi connectivity index (χ1n) is 14.6. The van der Waals surface area contributed by atoms with E-state index in [4.69, 9.17) is 4.98 Å². The fourth-order valence-electron chi connectivity index (χ4n) is 6.79. The van der Waals surface area contributed by atoms with Crippen molar-refractivity contribution in [2.24, 2.45) is 11.8 Å². The van der Waals surface area contributed by atoms with E-state index < -0.39 is 12.0 Å². The SMILES string of the molecule is CCc1nc(Cc2cccs2)sc1C1CCN(CC2CN(C(C(=O)O)C(C)C)CC2c2cccc(C)c2)CC1. The molecule has 39 heavy (non-hydrogen) atoms. The second kappa shape index (κ2) is 12.6. The van der Waals surface area contributed by atoms with Gasteiger partial charge in [0.15, 0.2) is 0 Å². The molecule has 2 fully saturated rings. The number of likely N-dealkylation sites (tertiary alicyclic amines) is 2. The van der Waals surface area contributed by atoms with Gasteiger partial charge in [0.05, 0.1) is 10.7 Å². The molecule has 4 heterocycles. The van der Waals surface area contributed by atoms with Crippen LogP contribution in [0.25, 0.3) is 0 Å². The molecule has 0 aliphatic carbocycles. The summed E-state index contributed by atoms with van der Waals surface area (Å²) in [5, 5.41) is 13.4. The van der Waals surface area contributed by atoms with Crippen molar-refractivity contribution in [2.75, 3.05) is 32.7 Å². The van der Waals surface area contributed by atoms with Crippen molar-refractivity contribution in [2.45, 2.75) is 71.3 Å². The molecule has 0 bridgehead atoms. The lowest BCUT2D eigenvalue weighted by atomic mass is 9.86. The molecule has 5 rings (SSSR count). The van der Waals surface area contributed by atoms with E-state index in [0.717, 1.165) is 45.6 Å². The largest absolute Gasteiger partial charge is 0.480 e. The quantitative estimate of drug-likeness (QED) is 0.298. The molecule has 210 valence electrons. The number of benzene rings is 1. The van der Waals surface area contributed by atoms with Crippen molar-refractivity contribution in [3.8, 4) is 0 Å². The van der Waals surface area contributed by atoms with Gasteiger partial charge in [-0.3, -0.25) is 9.69 Å². The molecule has 2 aromatic heterocycles. The molecule has 2 saturated heterocycles. The Labute approximate surface area is 241 Å². The first-order chi connectivity index (χ1) is 18.8. The van der Waals surface area contributed by atoms with Gasteiger partial charge in [0.1, 0.15) is 6.04 Å². The monoisotopic (exact) mass is 565 g/mol. The summed E-state index contributed by atoms with van der Waals surface area (Å²) in [4.78, 5) is 25.0. The average Bonchev–Trinajstić information content (AvgIpc) is 3.65. The number of nitrogens with zero attached hydrogens (tertiary/aromatic N) is 3. The lowest BCUT2D eigenvalue weighted by Crippen LogP contribution is -2.44. The van der Waals surface area contributed by atoms with Crippen LogP contribution in [0.2, 0.25) is 0 Å². The Hall–Kier alpha value is -2.06. The van der Waals surface area contributed by atoms with Gasteiger partial charge in [-0.15, -0.1) is 22.7 Å². The predicted molar refractivity (Wildman–Crippen MR) is 162 cm³/mol. The number of thiazole rings is 1. The van der Waals surface area contributed by atoms with Crippen molar-refractivity contribution >= 4 is 28.6 Å². The highest BCUT2D eigenvalue weighted by molar-refractivity contribution is 7.12. The molecule has 2 aliphatic rings. The van der Waals surface area contributed by atoms with Crippen LogP contribution >= 0.6 is 22.7 Å². The van der Waals surface area contributed by atoms with Gasteiger partial charge >= 0.3 is 5.97 Å². The molecule has 7 heteroatoms. The lowest BCUT2D eigenvalue weighted by Gasteiger charge is -2.34. The Kier molecular flexibility index (Phi) is 9.22. The predicted octanol–water partition coefficient (Wildman–Crippen LogP) is 6.67. The van der Waals surface area contributed by atoms with E-state index in [2.05, 4.69) is 65.4 Å². The van der Waals surface area contributed by atoms with Crippen LogP contribution in [0.5, 0.6) is 0 Å². The molecule has 0 spiro atoms. The summed E-state index contributed by atoms with van der Waals surface area (Å²) in [6.07, 6.45) is 4.33. The third-order valence-corrected chi connectivity index (χ3v) is 10.8. The highest BCUT2D eigenvalue weighted by atomic mass is 32.1. The van der Waals surface area contributed by atoms with Crippen LogP contribution in [0, 0.1) is 18.8 Å². The lowest BCUT2D eigenvalue weighted by molar-refractivity contribution is -0.144. The molecule has 1 aromatic carbocycles. The number of rotatable bonds is 10. The van der Waals surface area contributed by atoms with Crippen LogP contribution in [0.4, 0.5) is 0 Å². The number of carboxylic acid groups (broad SMARTS) is 1. The highest BCUT2D eigenvalue weighted by Crippen LogP contribution is 2.39. The number of aryl methyl sites for hydroxylation is 2. The van der Waals surface area contributed by atoms with Crippen LogP contribution in [-0.4, -0.2) is 64.6 Å². The summed E-state index contributed by atoms with van der Waals surface area (Å²) >= 11 is 3.76. The highest BCUT2D eigenvalue weighted by Gasteiger charge is 2.41. The van der Waals surface area contributed by atoms with E-state index in [1.807, 2.05) is 36.5 Å². The van der Waals surface area contributed by atoms with Crippen molar-refractivity contribution in [3.63, 3.8) is 0 Å². The van der Waals surface area contributed by atoms with E-state index in [9.17, 15) is 9.90 Å². The molecule has 1 N–H and O–H groups in total. The van der Waals surface area contributed by atoms with Crippen molar-refractivity contribution in [3.05, 3.63) is 73.4 Å². The summed E-state index contributed by atoms with van der Waals surface area (Å²) in [6.45, 7) is 13.4. The fraction of sp³-hybridized carbons (Fsp3) is 0.562. The first kappa shape index (κ1) is 28.5. The van der Waals surface area contributed by atoms with Crippen LogP contribution < -0.4 is 0 Å². The minimum atomic E-state index is -0.691. The minimum absolute atomic E-state index is 0.0898. The number of aromatic nitrogens is 1. The van der Waals surface area contributed by atoms with Crippen molar-refractivity contribution in [1.29, 1.82) is 0 Å². The summed E-state index contributed by atoms with van der Waals surface area (Å²) in [5.41, 5.74) is 3.95. The average molecular weight is 566 g/mol. The number of carboxylic acids is 1. The normalized spacial score (nSPS) is 22.1. The second-order valence-electron chi connectivity index (χ2n) is 11.9. The number of thiophene rings is 1. The third kappa shape index (κ3) is 6.64. The zero-order chi connectivity index (χ0) is 27.5. The van der Waals surface area contributed by atoms with Gasteiger partial charge in [-0.05, 0) is 74.0 Å². The molecule has 5 nitrogen and oxygen atoms in total. The zero-order valence-electron chi connectivity index (χ0n) is 23.8. The summed E-state index contributed by atoms with van der Waals surface area (Å²) in [5.74, 6) is 0.819. The zero-order valence-corrected chi connectivity index (χ0v) is 25.4. The van der Waals surface area contributed by atoms with E-state index in [1.54, 1.807) is 0 Å². The second-order valence-corrected chi connectivity index (χ2v) is 14.0.